The second kappa shape index (κ2) is 382. The normalized spacial score (nSPS) is 2.57. The van der Waals surface area contributed by atoms with Gasteiger partial charge in [-0.1, -0.05) is 0 Å². The van der Waals surface area contributed by atoms with Gasteiger partial charge < -0.3 is 183 Å². The van der Waals surface area contributed by atoms with Crippen molar-refractivity contribution in [2.45, 2.75) is 0 Å². The quantitative estimate of drug-likeness (QED) is 0.203. The van der Waals surface area contributed by atoms with Crippen LogP contribution in [0.25, 0.3) is 0 Å². The molecule has 0 radical (unpaired) electrons. The molecule has 0 aliphatic heterocycles. The average molecular weight is 2070 g/mol. The Balaban J connectivity index is -0.00000000173. The fourth-order valence-corrected chi connectivity index (χ4v) is 0. The van der Waals surface area contributed by atoms with Gasteiger partial charge in [0.2, 0.25) is 0 Å². The summed E-state index contributed by atoms with van der Waals surface area (Å²) in [6.07, 6.45) is -14.0. The van der Waals surface area contributed by atoms with E-state index in [0.29, 0.717) is 0 Å². The van der Waals surface area contributed by atoms with Crippen LogP contribution in [0, 0.1) is 0 Å². The third-order valence-corrected chi connectivity index (χ3v) is 0. The van der Waals surface area contributed by atoms with Gasteiger partial charge in [-0.25, -0.2) is 0 Å². The first-order valence-electron chi connectivity index (χ1n) is 3.67. The topological polar surface area (TPSA) is 888 Å². The third kappa shape index (κ3) is 5950. The summed E-state index contributed by atoms with van der Waals surface area (Å²) in [6.45, 7) is 0. The van der Waals surface area contributed by atoms with Crippen LogP contribution >= 0.6 is 0 Å². The molecule has 0 aliphatic carbocycles. The van der Waals surface area contributed by atoms with Crippen LogP contribution in [0.4, 0.5) is 28.8 Å². The molecular formula is C6H16Hg5Mg5Ni5O35. The number of carboxylic acid groups (broad SMARTS) is 12. The smallest absolute Gasteiger partial charge is 2.00 e. The third-order valence-electron chi connectivity index (χ3n) is 0. The Morgan fingerprint density at radius 3 is 0.214 bits per heavy atom. The largest absolute Gasteiger partial charge is 2.00 e. The van der Waals surface area contributed by atoms with Gasteiger partial charge in [0.25, 0.3) is 0 Å². The molecule has 0 amide bonds. The molecule has 0 bridgehead atoms. The van der Waals surface area contributed by atoms with Crippen LogP contribution in [0.5, 0.6) is 0 Å². The monoisotopic (exact) mass is 2070 g/mol. The number of rotatable bonds is 0. The van der Waals surface area contributed by atoms with Gasteiger partial charge in [0.1, 0.15) is 0 Å². The molecule has 50 heteroatoms. The Morgan fingerprint density at radius 1 is 0.214 bits per heavy atom. The average Bonchev–Trinajstić information content (AvgIpc) is 2.08. The molecule has 0 aromatic rings. The van der Waals surface area contributed by atoms with E-state index in [2.05, 4.69) is 0 Å². The Kier molecular flexibility index (Phi) is 2740. The Morgan fingerprint density at radius 2 is 0.214 bits per heavy atom. The van der Waals surface area contributed by atoms with Gasteiger partial charge in [0, 0.05) is 0 Å². The molecule has 0 spiro atoms. The predicted octanol–water partition coefficient (Wildman–Crippen LogP) is -22.5. The van der Waals surface area contributed by atoms with Gasteiger partial charge in [0.15, 0.2) is 0 Å². The summed E-state index contributed by atoms with van der Waals surface area (Å²) in [6, 6.07) is 0. The van der Waals surface area contributed by atoms with Crippen molar-refractivity contribution < 1.29 is 404 Å². The molecule has 0 aromatic heterocycles. The van der Waals surface area contributed by atoms with Crippen LogP contribution in [-0.4, -0.2) is 212 Å². The van der Waals surface area contributed by atoms with Crippen LogP contribution in [0.1, 0.15) is 0 Å². The summed E-state index contributed by atoms with van der Waals surface area (Å²) in [5.41, 5.74) is 0. The second-order valence-electron chi connectivity index (χ2n) is 1.50. The fourth-order valence-electron chi connectivity index (χ4n) is 0. The molecular weight excluding hydrogens is 2050 g/mol. The summed E-state index contributed by atoms with van der Waals surface area (Å²) >= 11 is 0. The minimum Gasteiger partial charge on any atom is -2.00 e. The van der Waals surface area contributed by atoms with E-state index in [1.54, 1.807) is 0 Å². The maximum atomic E-state index is 8.33. The van der Waals surface area contributed by atoms with Crippen LogP contribution in [-0.2, 0) is 254 Å². The maximum absolute atomic E-state index is 8.33. The first-order valence-corrected chi connectivity index (χ1v) is 3.67. The molecule has 35 nitrogen and oxygen atoms in total. The molecule has 0 rings (SSSR count). The minimum absolute atomic E-state index is 0. The number of carbonyl (C=O) groups excluding carboxylic acids is 6. The predicted molar refractivity (Wildman–Crippen MR) is 94.9 cm³/mol. The van der Waals surface area contributed by atoms with Crippen molar-refractivity contribution >= 4 is 152 Å². The van der Waals surface area contributed by atoms with E-state index in [-0.39, 0.29) is 429 Å². The molecule has 0 saturated carbocycles. The Bertz CT molecular complexity index is 327. The first-order chi connectivity index (χ1) is 10.4. The molecule has 0 atom stereocenters. The summed E-state index contributed by atoms with van der Waals surface area (Å²) in [5.74, 6) is 0. The van der Waals surface area contributed by atoms with Crippen molar-refractivity contribution in [3.63, 3.8) is 0 Å². The van der Waals surface area contributed by atoms with Crippen LogP contribution in [0.15, 0.2) is 0 Å². The van der Waals surface area contributed by atoms with Crippen molar-refractivity contribution in [1.82, 2.24) is 0 Å². The zero-order chi connectivity index (χ0) is 21.5. The summed E-state index contributed by atoms with van der Waals surface area (Å²) in [4.78, 5) is 50.0. The van der Waals surface area contributed by atoms with E-state index >= 15 is 0 Å². The Hall–Kier alpha value is 5.91. The van der Waals surface area contributed by atoms with Gasteiger partial charge in [-0.05, 0) is 36.9 Å². The zero-order valence-electron chi connectivity index (χ0n) is 26.6. The first kappa shape index (κ1) is 402. The van der Waals surface area contributed by atoms with Gasteiger partial charge >= 0.3 is 336 Å². The van der Waals surface area contributed by atoms with Crippen molar-refractivity contribution in [3.8, 4) is 0 Å². The molecule has 16 N–H and O–H groups in total. The van der Waals surface area contributed by atoms with E-state index in [0.717, 1.165) is 0 Å². The summed E-state index contributed by atoms with van der Waals surface area (Å²) in [5, 5.41) is 100. The van der Waals surface area contributed by atoms with Crippen molar-refractivity contribution in [2.75, 3.05) is 0 Å². The van der Waals surface area contributed by atoms with E-state index in [9.17, 15) is 0 Å². The molecule has 0 aliphatic rings. The van der Waals surface area contributed by atoms with Crippen LogP contribution < -0.4 is 61.3 Å². The van der Waals surface area contributed by atoms with Crippen molar-refractivity contribution in [2.24, 2.45) is 0 Å². The molecule has 0 saturated heterocycles. The van der Waals surface area contributed by atoms with Gasteiger partial charge in [-0.2, -0.15) is 0 Å². The summed E-state index contributed by atoms with van der Waals surface area (Å²) < 4.78 is 0. The number of carbonyl (C=O) groups is 6. The SMILES string of the molecule is O.O.O.O.O.O=C([O-])[O-].O=C([O-])[O-].O=C([O-])[O-].O=C([O-])[O-].O=C([O-])[O-].O=C([O-])[O-].[Hg+2].[Hg+2].[Hg+2].[Hg+2].[Hg+2].[Mg+2].[Mg+2].[Mg+2].[Mg+2].[Mg+2].[Ni+2].[Ni+2].[Ni+2].[Ni+2].[Ni+2].[O-2].[O-2].[O-2].[O-2].[O-2].[O-2].[OH-].[OH-].[OH-].[OH-].[OH-].[OH-]. The molecule has 0 fully saturated rings. The Labute approximate surface area is 546 Å². The molecule has 0 heterocycles. The number of hydrogen-bond acceptors (Lipinski definition) is 24. The van der Waals surface area contributed by atoms with E-state index in [1.165, 1.54) is 0 Å². The standard InChI is InChI=1S/6CH2O3.5Hg.5Mg.5Ni.11H2O.6O/c6*2-1(3)4;;;;;;;;;;;;;;;;;;;;;;;;;;;;;;;;/h6*(H2,2,3,4);;;;;;;;;;;;;;;;11*1H2;;;;;;/q;;;;;;15*+2;;;;;;;;;;;;6*-2/p-18. The minimum atomic E-state index is -2.33. The van der Waals surface area contributed by atoms with Crippen LogP contribution in [0.3, 0.4) is 0 Å². The van der Waals surface area contributed by atoms with E-state index in [1.807, 2.05) is 0 Å². The molecule has 56 heavy (non-hydrogen) atoms. The molecule has 0 aromatic carbocycles. The fraction of sp³-hybridized carbons (Fsp3) is 0. The van der Waals surface area contributed by atoms with Gasteiger partial charge in [-0.3, -0.25) is 0 Å². The van der Waals surface area contributed by atoms with Crippen molar-refractivity contribution in [3.05, 3.63) is 0 Å². The molecule has 320 valence electrons. The van der Waals surface area contributed by atoms with E-state index in [4.69, 9.17) is 90.0 Å². The van der Waals surface area contributed by atoms with Crippen LogP contribution in [0.2, 0.25) is 0 Å². The maximum Gasteiger partial charge on any atom is 2.00 e. The van der Waals surface area contributed by atoms with Gasteiger partial charge in [-0.15, -0.1) is 0 Å². The van der Waals surface area contributed by atoms with Crippen molar-refractivity contribution in [1.29, 1.82) is 0 Å². The van der Waals surface area contributed by atoms with Gasteiger partial charge in [0.05, 0.1) is 0 Å². The number of hydrogen-bond donors (Lipinski definition) is 0. The van der Waals surface area contributed by atoms with E-state index < -0.39 is 36.9 Å². The second-order valence-corrected chi connectivity index (χ2v) is 1.50. The zero-order valence-corrected chi connectivity index (χ0v) is 66.1. The molecule has 0 unspecified atom stereocenters. The summed E-state index contributed by atoms with van der Waals surface area (Å²) in [7, 11) is 0.